The number of rotatable bonds is 5. The van der Waals surface area contributed by atoms with E-state index in [0.717, 1.165) is 16.4 Å². The number of benzene rings is 1. The summed E-state index contributed by atoms with van der Waals surface area (Å²) in [5.74, 6) is 5.04. The van der Waals surface area contributed by atoms with Crippen LogP contribution in [0.15, 0.2) is 23.1 Å². The highest BCUT2D eigenvalue weighted by atomic mass is 32.2. The van der Waals surface area contributed by atoms with Crippen molar-refractivity contribution < 1.29 is 18.4 Å². The minimum absolute atomic E-state index is 0.107. The van der Waals surface area contributed by atoms with Crippen molar-refractivity contribution in [1.29, 1.82) is 0 Å². The Kier molecular flexibility index (Phi) is 4.42. The number of aliphatic hydroxyl groups excluding tert-OH is 1. The van der Waals surface area contributed by atoms with Crippen LogP contribution in [0.2, 0.25) is 0 Å². The summed E-state index contributed by atoms with van der Waals surface area (Å²) < 4.78 is 26.2. The zero-order chi connectivity index (χ0) is 15.6. The molecule has 0 aromatic heterocycles. The lowest BCUT2D eigenvalue weighted by Crippen LogP contribution is -2.30. The topological polar surface area (TPSA) is 139 Å². The van der Waals surface area contributed by atoms with E-state index in [-0.39, 0.29) is 36.2 Å². The van der Waals surface area contributed by atoms with Crippen molar-refractivity contribution in [3.05, 3.63) is 28.3 Å². The molecular weight excluding hydrogens is 300 g/mol. The molecule has 4 N–H and O–H groups in total. The van der Waals surface area contributed by atoms with Crippen molar-refractivity contribution in [1.82, 2.24) is 4.31 Å². The molecule has 1 atom stereocenters. The van der Waals surface area contributed by atoms with Crippen LogP contribution in [-0.4, -0.2) is 42.4 Å². The Bertz CT molecular complexity index is 648. The van der Waals surface area contributed by atoms with Crippen LogP contribution in [0.1, 0.15) is 6.42 Å². The van der Waals surface area contributed by atoms with Gasteiger partial charge in [-0.2, -0.15) is 4.31 Å². The maximum Gasteiger partial charge on any atom is 0.291 e. The van der Waals surface area contributed by atoms with E-state index in [1.54, 1.807) is 0 Å². The third kappa shape index (κ3) is 2.97. The molecule has 9 nitrogen and oxygen atoms in total. The van der Waals surface area contributed by atoms with Gasteiger partial charge in [0.1, 0.15) is 0 Å². The third-order valence-corrected chi connectivity index (χ3v) is 5.36. The molecule has 1 aliphatic rings. The number of nitrogens with one attached hydrogen (secondary N) is 1. The largest absolute Gasteiger partial charge is 0.396 e. The molecule has 1 fully saturated rings. The first-order valence-corrected chi connectivity index (χ1v) is 7.70. The maximum atomic E-state index is 12.5. The summed E-state index contributed by atoms with van der Waals surface area (Å²) in [6, 6.07) is 3.60. The Labute approximate surface area is 121 Å². The minimum Gasteiger partial charge on any atom is -0.396 e. The number of nitro benzene ring substituents is 1. The molecule has 10 heteroatoms. The number of hydrogen-bond donors (Lipinski definition) is 3. The molecular formula is C11H16N4O5S. The quantitative estimate of drug-likeness (QED) is 0.391. The van der Waals surface area contributed by atoms with Crippen LogP contribution >= 0.6 is 0 Å². The van der Waals surface area contributed by atoms with Crippen molar-refractivity contribution in [2.45, 2.75) is 11.3 Å². The average Bonchev–Trinajstić information content (AvgIpc) is 2.96. The normalized spacial score (nSPS) is 19.6. The molecule has 0 bridgehead atoms. The second-order valence-electron chi connectivity index (χ2n) is 4.78. The summed E-state index contributed by atoms with van der Waals surface area (Å²) in [7, 11) is -3.97. The van der Waals surface area contributed by atoms with E-state index in [2.05, 4.69) is 5.43 Å². The summed E-state index contributed by atoms with van der Waals surface area (Å²) in [4.78, 5) is 9.96. The zero-order valence-corrected chi connectivity index (χ0v) is 11.9. The lowest BCUT2D eigenvalue weighted by Gasteiger charge is -2.16. The van der Waals surface area contributed by atoms with Crippen molar-refractivity contribution >= 4 is 21.4 Å². The molecule has 1 heterocycles. The van der Waals surface area contributed by atoms with Gasteiger partial charge in [-0.1, -0.05) is 0 Å². The number of aliphatic hydroxyl groups is 1. The van der Waals surface area contributed by atoms with Gasteiger partial charge in [-0.05, 0) is 24.5 Å². The van der Waals surface area contributed by atoms with Crippen LogP contribution in [0.25, 0.3) is 0 Å². The summed E-state index contributed by atoms with van der Waals surface area (Å²) in [6.07, 6.45) is 0.534. The Morgan fingerprint density at radius 1 is 1.52 bits per heavy atom. The van der Waals surface area contributed by atoms with Crippen LogP contribution in [0.4, 0.5) is 11.4 Å². The number of hydrogen-bond acceptors (Lipinski definition) is 7. The molecule has 0 amide bonds. The Morgan fingerprint density at radius 3 is 2.76 bits per heavy atom. The fraction of sp³-hybridized carbons (Fsp3) is 0.455. The minimum atomic E-state index is -3.97. The second kappa shape index (κ2) is 5.93. The Hall–Kier alpha value is -1.75. The van der Waals surface area contributed by atoms with E-state index in [1.165, 1.54) is 6.07 Å². The van der Waals surface area contributed by atoms with Gasteiger partial charge in [0.25, 0.3) is 5.69 Å². The predicted octanol–water partition coefficient (Wildman–Crippen LogP) is -0.117. The highest BCUT2D eigenvalue weighted by Crippen LogP contribution is 2.31. The number of nitro groups is 1. The van der Waals surface area contributed by atoms with E-state index < -0.39 is 20.6 Å². The molecule has 0 radical (unpaired) electrons. The number of nitrogens with two attached hydrogens (primary N) is 1. The molecule has 0 saturated carbocycles. The third-order valence-electron chi connectivity index (χ3n) is 3.45. The smallest absolute Gasteiger partial charge is 0.291 e. The highest BCUT2D eigenvalue weighted by molar-refractivity contribution is 7.89. The van der Waals surface area contributed by atoms with Crippen LogP contribution < -0.4 is 11.3 Å². The first-order valence-electron chi connectivity index (χ1n) is 6.26. The summed E-state index contributed by atoms with van der Waals surface area (Å²) in [5, 5.41) is 20.2. The molecule has 0 aliphatic carbocycles. The van der Waals surface area contributed by atoms with Crippen LogP contribution in [0.5, 0.6) is 0 Å². The molecule has 0 spiro atoms. The van der Waals surface area contributed by atoms with Crippen LogP contribution in [0.3, 0.4) is 0 Å². The van der Waals surface area contributed by atoms with E-state index in [4.69, 9.17) is 10.9 Å². The van der Waals surface area contributed by atoms with Gasteiger partial charge in [0, 0.05) is 25.8 Å². The van der Waals surface area contributed by atoms with Gasteiger partial charge in [-0.3, -0.25) is 16.0 Å². The zero-order valence-electron chi connectivity index (χ0n) is 11.1. The fourth-order valence-electron chi connectivity index (χ4n) is 2.27. The lowest BCUT2D eigenvalue weighted by atomic mass is 10.1. The van der Waals surface area contributed by atoms with Gasteiger partial charge in [0.05, 0.1) is 10.6 Å². The highest BCUT2D eigenvalue weighted by Gasteiger charge is 2.36. The second-order valence-corrected chi connectivity index (χ2v) is 6.69. The molecule has 21 heavy (non-hydrogen) atoms. The number of hydrazine groups is 1. The van der Waals surface area contributed by atoms with Gasteiger partial charge < -0.3 is 10.5 Å². The molecule has 116 valence electrons. The summed E-state index contributed by atoms with van der Waals surface area (Å²) >= 11 is 0. The predicted molar refractivity (Wildman–Crippen MR) is 74.9 cm³/mol. The molecule has 1 saturated heterocycles. The van der Waals surface area contributed by atoms with Gasteiger partial charge in [0.2, 0.25) is 10.0 Å². The number of nitrogen functional groups attached to an aromatic ring is 1. The van der Waals surface area contributed by atoms with Crippen LogP contribution in [0, 0.1) is 16.0 Å². The van der Waals surface area contributed by atoms with Gasteiger partial charge >= 0.3 is 0 Å². The lowest BCUT2D eigenvalue weighted by molar-refractivity contribution is -0.387. The van der Waals surface area contributed by atoms with E-state index >= 15 is 0 Å². The van der Waals surface area contributed by atoms with Gasteiger partial charge in [-0.15, -0.1) is 0 Å². The molecule has 1 aliphatic heterocycles. The van der Waals surface area contributed by atoms with Crippen molar-refractivity contribution in [3.8, 4) is 0 Å². The monoisotopic (exact) mass is 316 g/mol. The number of anilines is 1. The number of nitrogens with zero attached hydrogens (tertiary/aromatic N) is 2. The van der Waals surface area contributed by atoms with E-state index in [9.17, 15) is 18.5 Å². The first kappa shape index (κ1) is 15.6. The Morgan fingerprint density at radius 2 is 2.24 bits per heavy atom. The van der Waals surface area contributed by atoms with Crippen LogP contribution in [-0.2, 0) is 10.0 Å². The van der Waals surface area contributed by atoms with Gasteiger partial charge in [-0.25, -0.2) is 8.42 Å². The SMILES string of the molecule is NNc1ccc(S(=O)(=O)N2CCC(CO)C2)c([N+](=O)[O-])c1. The van der Waals surface area contributed by atoms with E-state index in [0.29, 0.717) is 6.42 Å². The molecule has 2 rings (SSSR count). The number of sulfonamides is 1. The molecule has 1 aromatic carbocycles. The van der Waals surface area contributed by atoms with E-state index in [1.807, 2.05) is 0 Å². The molecule has 1 unspecified atom stereocenters. The molecule has 1 aromatic rings. The summed E-state index contributed by atoms with van der Waals surface area (Å²) in [6.45, 7) is 0.290. The Balaban J connectivity index is 2.43. The van der Waals surface area contributed by atoms with Crippen molar-refractivity contribution in [2.75, 3.05) is 25.1 Å². The van der Waals surface area contributed by atoms with Gasteiger partial charge in [0.15, 0.2) is 4.90 Å². The van der Waals surface area contributed by atoms with Crippen molar-refractivity contribution in [2.24, 2.45) is 11.8 Å². The first-order chi connectivity index (χ1) is 9.90. The fourth-order valence-corrected chi connectivity index (χ4v) is 3.94. The summed E-state index contributed by atoms with van der Waals surface area (Å²) in [5.41, 5.74) is 1.96. The maximum absolute atomic E-state index is 12.5. The van der Waals surface area contributed by atoms with Crippen molar-refractivity contribution in [3.63, 3.8) is 0 Å². The average molecular weight is 316 g/mol. The standard InChI is InChI=1S/C11H16N4O5S/c12-13-9-1-2-11(10(5-9)15(17)18)21(19,20)14-4-3-8(6-14)7-16/h1-2,5,8,13,16H,3-4,6-7,12H2.